The van der Waals surface area contributed by atoms with Crippen LogP contribution in [-0.4, -0.2) is 31.2 Å². The lowest BCUT2D eigenvalue weighted by Crippen LogP contribution is -2.46. The fourth-order valence-corrected chi connectivity index (χ4v) is 5.62. The van der Waals surface area contributed by atoms with Crippen LogP contribution in [0, 0.1) is 5.92 Å². The molecule has 7 heteroatoms. The Hall–Kier alpha value is -2.11. The van der Waals surface area contributed by atoms with Crippen molar-refractivity contribution in [2.24, 2.45) is 11.0 Å². The summed E-state index contributed by atoms with van der Waals surface area (Å²) in [5.41, 5.74) is 3.02. The van der Waals surface area contributed by atoms with Gasteiger partial charge in [0.2, 0.25) is 0 Å². The molecule has 0 amide bonds. The van der Waals surface area contributed by atoms with Crippen LogP contribution in [0.15, 0.2) is 35.4 Å². The van der Waals surface area contributed by atoms with Gasteiger partial charge in [-0.15, -0.1) is 0 Å². The maximum atomic E-state index is 6.57. The van der Waals surface area contributed by atoms with Crippen molar-refractivity contribution in [2.75, 3.05) is 14.2 Å². The highest BCUT2D eigenvalue weighted by atomic mass is 35.5. The van der Waals surface area contributed by atoms with E-state index >= 15 is 0 Å². The molecule has 2 aromatic rings. The average molecular weight is 461 g/mol. The van der Waals surface area contributed by atoms with E-state index in [2.05, 4.69) is 5.01 Å². The number of rotatable bonds is 4. The number of hydrogen-bond acceptors (Lipinski definition) is 5. The number of fused-ring (bicyclic) bond motifs is 3. The second-order valence-corrected chi connectivity index (χ2v) is 9.27. The molecule has 0 radical (unpaired) electrons. The van der Waals surface area contributed by atoms with E-state index in [0.29, 0.717) is 27.5 Å². The Bertz CT molecular complexity index is 1020. The van der Waals surface area contributed by atoms with Crippen LogP contribution in [0.1, 0.15) is 55.7 Å². The Labute approximate surface area is 192 Å². The quantitative estimate of drug-likeness (QED) is 0.524. The van der Waals surface area contributed by atoms with Crippen molar-refractivity contribution < 1.29 is 14.2 Å². The summed E-state index contributed by atoms with van der Waals surface area (Å²) in [4.78, 5) is 0. The van der Waals surface area contributed by atoms with E-state index < -0.39 is 0 Å². The number of hydrogen-bond donors (Lipinski definition) is 0. The van der Waals surface area contributed by atoms with E-state index in [0.717, 1.165) is 41.9 Å². The maximum Gasteiger partial charge on any atom is 0.190 e. The molecule has 2 aliphatic heterocycles. The van der Waals surface area contributed by atoms with E-state index in [1.54, 1.807) is 20.3 Å². The first kappa shape index (κ1) is 20.8. The number of nitrogens with zero attached hydrogens (tertiary/aromatic N) is 2. The molecule has 0 unspecified atom stereocenters. The summed E-state index contributed by atoms with van der Waals surface area (Å²) >= 11 is 12.9. The van der Waals surface area contributed by atoms with Crippen LogP contribution in [0.5, 0.6) is 17.2 Å². The predicted molar refractivity (Wildman–Crippen MR) is 123 cm³/mol. The number of benzene rings is 2. The summed E-state index contributed by atoms with van der Waals surface area (Å²) in [6.07, 6.45) is 6.69. The fraction of sp³-hybridized carbons (Fsp3) is 0.458. The minimum absolute atomic E-state index is 0.0509. The molecule has 1 aliphatic carbocycles. The largest absolute Gasteiger partial charge is 0.493 e. The molecule has 5 nitrogen and oxygen atoms in total. The standard InChI is InChI=1S/C24H26Cl2N2O3/c1-29-21-9-8-15(10-22(21)30-2)19-13-20-17-11-16(25)12-18(26)23(17)31-24(28(20)27-19)14-6-4-3-5-7-14/h8-12,14,20,24H,3-7,13H2,1-2H3/t20-,24+/m1/s1. The highest BCUT2D eigenvalue weighted by molar-refractivity contribution is 6.35. The van der Waals surface area contributed by atoms with Gasteiger partial charge in [0.05, 0.1) is 31.0 Å². The zero-order valence-electron chi connectivity index (χ0n) is 17.7. The summed E-state index contributed by atoms with van der Waals surface area (Å²) in [5, 5.41) is 8.40. The van der Waals surface area contributed by atoms with Crippen LogP contribution in [0.2, 0.25) is 10.0 Å². The second kappa shape index (κ2) is 8.44. The lowest BCUT2D eigenvalue weighted by atomic mass is 9.86. The van der Waals surface area contributed by atoms with Crippen molar-refractivity contribution in [3.63, 3.8) is 0 Å². The van der Waals surface area contributed by atoms with Gasteiger partial charge in [-0.05, 0) is 43.2 Å². The molecule has 3 aliphatic rings. The van der Waals surface area contributed by atoms with Crippen LogP contribution < -0.4 is 14.2 Å². The lowest BCUT2D eigenvalue weighted by molar-refractivity contribution is -0.0642. The van der Waals surface area contributed by atoms with E-state index in [4.69, 9.17) is 42.5 Å². The first-order chi connectivity index (χ1) is 15.1. The van der Waals surface area contributed by atoms with Gasteiger partial charge in [0.15, 0.2) is 17.7 Å². The van der Waals surface area contributed by atoms with Crippen molar-refractivity contribution >= 4 is 28.9 Å². The minimum Gasteiger partial charge on any atom is -0.493 e. The number of methoxy groups -OCH3 is 2. The summed E-state index contributed by atoms with van der Waals surface area (Å²) in [5.74, 6) is 2.59. The number of hydrazone groups is 1. The smallest absolute Gasteiger partial charge is 0.190 e. The van der Waals surface area contributed by atoms with Gasteiger partial charge in [0, 0.05) is 28.5 Å². The van der Waals surface area contributed by atoms with Gasteiger partial charge in [-0.2, -0.15) is 5.10 Å². The maximum absolute atomic E-state index is 6.57. The monoisotopic (exact) mass is 460 g/mol. The second-order valence-electron chi connectivity index (χ2n) is 8.43. The van der Waals surface area contributed by atoms with E-state index in [1.165, 1.54) is 19.3 Å². The lowest BCUT2D eigenvalue weighted by Gasteiger charge is -2.43. The summed E-state index contributed by atoms with van der Waals surface area (Å²) in [7, 11) is 3.29. The summed E-state index contributed by atoms with van der Waals surface area (Å²) in [6.45, 7) is 0. The molecule has 0 spiro atoms. The molecule has 0 N–H and O–H groups in total. The summed E-state index contributed by atoms with van der Waals surface area (Å²) < 4.78 is 17.4. The van der Waals surface area contributed by atoms with E-state index in [9.17, 15) is 0 Å². The average Bonchev–Trinajstić information content (AvgIpc) is 3.24. The molecule has 5 rings (SSSR count). The van der Waals surface area contributed by atoms with Gasteiger partial charge in [-0.25, -0.2) is 5.01 Å². The molecule has 2 heterocycles. The Morgan fingerprint density at radius 3 is 2.52 bits per heavy atom. The third kappa shape index (κ3) is 3.72. The van der Waals surface area contributed by atoms with Crippen LogP contribution in [0.25, 0.3) is 0 Å². The van der Waals surface area contributed by atoms with Gasteiger partial charge < -0.3 is 14.2 Å². The SMILES string of the molecule is COc1ccc(C2=NN3[C@H](C2)c2cc(Cl)cc(Cl)c2O[C@H]3C2CCCCC2)cc1OC. The highest BCUT2D eigenvalue weighted by Gasteiger charge is 2.44. The van der Waals surface area contributed by atoms with Crippen molar-refractivity contribution in [3.8, 4) is 17.2 Å². The Balaban J connectivity index is 1.55. The first-order valence-electron chi connectivity index (χ1n) is 10.8. The zero-order chi connectivity index (χ0) is 21.5. The van der Waals surface area contributed by atoms with Crippen molar-refractivity contribution in [1.82, 2.24) is 5.01 Å². The molecule has 31 heavy (non-hydrogen) atoms. The third-order valence-corrected chi connectivity index (χ3v) is 7.11. The van der Waals surface area contributed by atoms with Crippen molar-refractivity contribution in [3.05, 3.63) is 51.5 Å². The molecular formula is C24H26Cl2N2O3. The van der Waals surface area contributed by atoms with Crippen LogP contribution in [0.3, 0.4) is 0 Å². The van der Waals surface area contributed by atoms with Crippen LogP contribution in [0.4, 0.5) is 0 Å². The van der Waals surface area contributed by atoms with E-state index in [-0.39, 0.29) is 12.3 Å². The molecular weight excluding hydrogens is 435 g/mol. The summed E-state index contributed by atoms with van der Waals surface area (Å²) in [6, 6.07) is 9.71. The van der Waals surface area contributed by atoms with Gasteiger partial charge >= 0.3 is 0 Å². The van der Waals surface area contributed by atoms with Gasteiger partial charge in [-0.3, -0.25) is 0 Å². The molecule has 0 bridgehead atoms. The molecule has 1 saturated carbocycles. The molecule has 2 aromatic carbocycles. The van der Waals surface area contributed by atoms with Crippen LogP contribution in [-0.2, 0) is 0 Å². The fourth-order valence-electron chi connectivity index (χ4n) is 5.06. The topological polar surface area (TPSA) is 43.3 Å². The number of halogens is 2. The van der Waals surface area contributed by atoms with E-state index in [1.807, 2.05) is 24.3 Å². The Morgan fingerprint density at radius 1 is 1.00 bits per heavy atom. The molecule has 0 aromatic heterocycles. The molecule has 1 fully saturated rings. The number of ether oxygens (including phenoxy) is 3. The molecule has 2 atom stereocenters. The normalized spacial score (nSPS) is 23.0. The van der Waals surface area contributed by atoms with Crippen molar-refractivity contribution in [1.29, 1.82) is 0 Å². The Kier molecular flexibility index (Phi) is 5.65. The van der Waals surface area contributed by atoms with Crippen LogP contribution >= 0.6 is 23.2 Å². The van der Waals surface area contributed by atoms with Gasteiger partial charge in [0.25, 0.3) is 0 Å². The van der Waals surface area contributed by atoms with Gasteiger partial charge in [0.1, 0.15) is 5.75 Å². The first-order valence-corrected chi connectivity index (χ1v) is 11.6. The highest BCUT2D eigenvalue weighted by Crippen LogP contribution is 2.49. The van der Waals surface area contributed by atoms with Crippen molar-refractivity contribution in [2.45, 2.75) is 50.8 Å². The minimum atomic E-state index is -0.117. The molecule has 164 valence electrons. The predicted octanol–water partition coefficient (Wildman–Crippen LogP) is 6.46. The molecule has 0 saturated heterocycles. The zero-order valence-corrected chi connectivity index (χ0v) is 19.2. The third-order valence-electron chi connectivity index (χ3n) is 6.61. The van der Waals surface area contributed by atoms with Gasteiger partial charge in [-0.1, -0.05) is 42.5 Å². The Morgan fingerprint density at radius 2 is 1.77 bits per heavy atom.